The standard InChI is InChI=1S/C18H25NO5/c1-5-6-7-12-10-13(11-15(22-2)16(12)23-3)17(20)19-9-8-14(19)18(21)24-4/h10-11,14H,5-9H2,1-4H3/t14-/m1/s1. The third kappa shape index (κ3) is 3.47. The van der Waals surface area contributed by atoms with Gasteiger partial charge in [0.15, 0.2) is 11.5 Å². The highest BCUT2D eigenvalue weighted by molar-refractivity contribution is 5.98. The molecule has 1 amide bonds. The van der Waals surface area contributed by atoms with Crippen LogP contribution in [0.1, 0.15) is 42.1 Å². The van der Waals surface area contributed by atoms with Crippen molar-refractivity contribution in [1.29, 1.82) is 0 Å². The van der Waals surface area contributed by atoms with Crippen molar-refractivity contribution in [3.05, 3.63) is 23.3 Å². The van der Waals surface area contributed by atoms with Crippen LogP contribution in [0.25, 0.3) is 0 Å². The number of hydrogen-bond acceptors (Lipinski definition) is 5. The van der Waals surface area contributed by atoms with E-state index in [4.69, 9.17) is 14.2 Å². The lowest BCUT2D eigenvalue weighted by molar-refractivity contribution is -0.149. The van der Waals surface area contributed by atoms with Crippen molar-refractivity contribution in [2.75, 3.05) is 27.9 Å². The fourth-order valence-electron chi connectivity index (χ4n) is 2.90. The second-order valence-electron chi connectivity index (χ2n) is 5.80. The molecule has 1 aliphatic rings. The number of benzene rings is 1. The maximum absolute atomic E-state index is 12.8. The highest BCUT2D eigenvalue weighted by Gasteiger charge is 2.39. The topological polar surface area (TPSA) is 65.1 Å². The predicted molar refractivity (Wildman–Crippen MR) is 89.6 cm³/mol. The van der Waals surface area contributed by atoms with E-state index in [1.807, 2.05) is 6.07 Å². The molecule has 0 spiro atoms. The van der Waals surface area contributed by atoms with Crippen LogP contribution in [0.4, 0.5) is 0 Å². The molecule has 1 aromatic rings. The van der Waals surface area contributed by atoms with Crippen LogP contribution in [0, 0.1) is 0 Å². The summed E-state index contributed by atoms with van der Waals surface area (Å²) in [5.41, 5.74) is 1.45. The number of ether oxygens (including phenoxy) is 3. The van der Waals surface area contributed by atoms with Gasteiger partial charge in [0.25, 0.3) is 5.91 Å². The first kappa shape index (κ1) is 18.1. The van der Waals surface area contributed by atoms with Crippen LogP contribution in [-0.4, -0.2) is 50.7 Å². The quantitative estimate of drug-likeness (QED) is 0.716. The minimum atomic E-state index is -0.491. The zero-order chi connectivity index (χ0) is 17.7. The van der Waals surface area contributed by atoms with Crippen LogP contribution in [0.5, 0.6) is 11.5 Å². The molecule has 24 heavy (non-hydrogen) atoms. The zero-order valence-corrected chi connectivity index (χ0v) is 14.8. The summed E-state index contributed by atoms with van der Waals surface area (Å²) in [6.45, 7) is 2.66. The Morgan fingerprint density at radius 3 is 2.46 bits per heavy atom. The Hall–Kier alpha value is -2.24. The Labute approximate surface area is 142 Å². The van der Waals surface area contributed by atoms with Crippen LogP contribution in [0.2, 0.25) is 0 Å². The van der Waals surface area contributed by atoms with E-state index in [0.29, 0.717) is 30.0 Å². The lowest BCUT2D eigenvalue weighted by atomic mass is 9.98. The molecule has 0 N–H and O–H groups in total. The van der Waals surface area contributed by atoms with Gasteiger partial charge in [-0.05, 0) is 37.0 Å². The van der Waals surface area contributed by atoms with Gasteiger partial charge in [-0.2, -0.15) is 0 Å². The number of esters is 1. The van der Waals surface area contributed by atoms with Gasteiger partial charge in [0, 0.05) is 12.1 Å². The second-order valence-corrected chi connectivity index (χ2v) is 5.80. The Morgan fingerprint density at radius 1 is 1.21 bits per heavy atom. The molecule has 1 heterocycles. The lowest BCUT2D eigenvalue weighted by Crippen LogP contribution is -2.55. The van der Waals surface area contributed by atoms with E-state index in [9.17, 15) is 9.59 Å². The van der Waals surface area contributed by atoms with Crippen molar-refractivity contribution in [3.8, 4) is 11.5 Å². The third-order valence-corrected chi connectivity index (χ3v) is 4.36. The number of carbonyl (C=O) groups is 2. The smallest absolute Gasteiger partial charge is 0.328 e. The number of methoxy groups -OCH3 is 3. The minimum Gasteiger partial charge on any atom is -0.493 e. The summed E-state index contributed by atoms with van der Waals surface area (Å²) in [6.07, 6.45) is 3.47. The van der Waals surface area contributed by atoms with Crippen molar-refractivity contribution in [1.82, 2.24) is 4.90 Å². The first-order chi connectivity index (χ1) is 11.6. The zero-order valence-electron chi connectivity index (χ0n) is 14.8. The Balaban J connectivity index is 2.32. The number of nitrogens with zero attached hydrogens (tertiary/aromatic N) is 1. The fourth-order valence-corrected chi connectivity index (χ4v) is 2.90. The van der Waals surface area contributed by atoms with Gasteiger partial charge in [-0.1, -0.05) is 13.3 Å². The summed E-state index contributed by atoms with van der Waals surface area (Å²) in [6, 6.07) is 3.02. The van der Waals surface area contributed by atoms with Crippen LogP contribution >= 0.6 is 0 Å². The molecule has 132 valence electrons. The van der Waals surface area contributed by atoms with Gasteiger partial charge in [-0.15, -0.1) is 0 Å². The van der Waals surface area contributed by atoms with E-state index >= 15 is 0 Å². The van der Waals surface area contributed by atoms with Crippen molar-refractivity contribution < 1.29 is 23.8 Å². The van der Waals surface area contributed by atoms with Crippen LogP contribution < -0.4 is 9.47 Å². The predicted octanol–water partition coefficient (Wildman–Crippen LogP) is 2.43. The Morgan fingerprint density at radius 2 is 1.96 bits per heavy atom. The maximum Gasteiger partial charge on any atom is 0.328 e. The molecule has 0 aliphatic carbocycles. The molecule has 6 heteroatoms. The maximum atomic E-state index is 12.8. The van der Waals surface area contributed by atoms with E-state index < -0.39 is 6.04 Å². The van der Waals surface area contributed by atoms with Gasteiger partial charge in [0.05, 0.1) is 21.3 Å². The average Bonchev–Trinajstić information content (AvgIpc) is 2.57. The number of unbranched alkanes of at least 4 members (excludes halogenated alkanes) is 1. The van der Waals surface area contributed by atoms with Gasteiger partial charge in [-0.3, -0.25) is 4.79 Å². The molecule has 0 aromatic heterocycles. The summed E-state index contributed by atoms with van der Waals surface area (Å²) >= 11 is 0. The van der Waals surface area contributed by atoms with Crippen LogP contribution in [0.15, 0.2) is 12.1 Å². The Kier molecular flexibility index (Phi) is 6.06. The summed E-state index contributed by atoms with van der Waals surface area (Å²) in [5.74, 6) is 0.636. The minimum absolute atomic E-state index is 0.185. The molecular weight excluding hydrogens is 310 g/mol. The number of rotatable bonds is 7. The van der Waals surface area contributed by atoms with Crippen LogP contribution in [0.3, 0.4) is 0 Å². The summed E-state index contributed by atoms with van der Waals surface area (Å²) in [7, 11) is 4.48. The highest BCUT2D eigenvalue weighted by atomic mass is 16.5. The molecule has 0 radical (unpaired) electrons. The number of carbonyl (C=O) groups excluding carboxylic acids is 2. The molecule has 1 atom stereocenters. The molecular formula is C18H25NO5. The molecule has 2 rings (SSSR count). The van der Waals surface area contributed by atoms with Crippen LogP contribution in [-0.2, 0) is 16.0 Å². The van der Waals surface area contributed by atoms with E-state index in [1.54, 1.807) is 20.3 Å². The molecule has 1 aromatic carbocycles. The molecule has 1 fully saturated rings. The third-order valence-electron chi connectivity index (χ3n) is 4.36. The number of amides is 1. The summed E-state index contributed by atoms with van der Waals surface area (Å²) in [5, 5.41) is 0. The van der Waals surface area contributed by atoms with Gasteiger partial charge in [-0.25, -0.2) is 4.79 Å². The second kappa shape index (κ2) is 8.04. The van der Waals surface area contributed by atoms with E-state index in [1.165, 1.54) is 12.0 Å². The first-order valence-electron chi connectivity index (χ1n) is 8.21. The van der Waals surface area contributed by atoms with Gasteiger partial charge < -0.3 is 19.1 Å². The number of aryl methyl sites for hydroxylation is 1. The van der Waals surface area contributed by atoms with E-state index in [2.05, 4.69) is 6.92 Å². The van der Waals surface area contributed by atoms with Crippen molar-refractivity contribution in [2.45, 2.75) is 38.6 Å². The molecule has 0 saturated carbocycles. The van der Waals surface area contributed by atoms with Gasteiger partial charge in [0.1, 0.15) is 6.04 Å². The first-order valence-corrected chi connectivity index (χ1v) is 8.21. The fraction of sp³-hybridized carbons (Fsp3) is 0.556. The average molecular weight is 335 g/mol. The number of likely N-dealkylation sites (tertiary alicyclic amines) is 1. The highest BCUT2D eigenvalue weighted by Crippen LogP contribution is 2.35. The molecule has 1 aliphatic heterocycles. The van der Waals surface area contributed by atoms with Crippen molar-refractivity contribution >= 4 is 11.9 Å². The molecule has 6 nitrogen and oxygen atoms in total. The summed E-state index contributed by atoms with van der Waals surface area (Å²) in [4.78, 5) is 26.0. The molecule has 0 bridgehead atoms. The van der Waals surface area contributed by atoms with Gasteiger partial charge >= 0.3 is 5.97 Å². The monoisotopic (exact) mass is 335 g/mol. The Bertz CT molecular complexity index is 614. The lowest BCUT2D eigenvalue weighted by Gasteiger charge is -2.38. The normalized spacial score (nSPS) is 16.3. The number of hydrogen-bond donors (Lipinski definition) is 0. The molecule has 1 saturated heterocycles. The largest absolute Gasteiger partial charge is 0.493 e. The van der Waals surface area contributed by atoms with Gasteiger partial charge in [0.2, 0.25) is 0 Å². The van der Waals surface area contributed by atoms with Crippen molar-refractivity contribution in [2.24, 2.45) is 0 Å². The van der Waals surface area contributed by atoms with Crippen molar-refractivity contribution in [3.63, 3.8) is 0 Å². The van der Waals surface area contributed by atoms with E-state index in [0.717, 1.165) is 24.8 Å². The molecule has 0 unspecified atom stereocenters. The SMILES string of the molecule is CCCCc1cc(C(=O)N2CC[C@@H]2C(=O)OC)cc(OC)c1OC. The van der Waals surface area contributed by atoms with E-state index in [-0.39, 0.29) is 11.9 Å². The summed E-state index contributed by atoms with van der Waals surface area (Å²) < 4.78 is 15.6.